The highest BCUT2D eigenvalue weighted by Crippen LogP contribution is 2.41. The number of carbonyl (C=O) groups excluding carboxylic acids is 4. The molecule has 13 heteroatoms. The first-order valence-electron chi connectivity index (χ1n) is 14.2. The molecular formula is C32H37N3O9S. The second kappa shape index (κ2) is 14.1. The van der Waals surface area contributed by atoms with E-state index in [1.54, 1.807) is 71.2 Å². The third-order valence-electron chi connectivity index (χ3n) is 6.92. The summed E-state index contributed by atoms with van der Waals surface area (Å²) in [6, 6.07) is 8.83. The Morgan fingerprint density at radius 2 is 1.87 bits per heavy atom. The number of aromatic hydroxyl groups is 1. The van der Waals surface area contributed by atoms with E-state index < -0.39 is 53.5 Å². The molecule has 2 aliphatic heterocycles. The summed E-state index contributed by atoms with van der Waals surface area (Å²) in [6.45, 7) is 6.35. The average Bonchev–Trinajstić information content (AvgIpc) is 3.00. The second-order valence-corrected chi connectivity index (χ2v) is 12.4. The molecule has 3 amide bonds. The Bertz CT molecular complexity index is 1510. The van der Waals surface area contributed by atoms with Gasteiger partial charge in [0.05, 0.1) is 13.7 Å². The zero-order valence-corrected chi connectivity index (χ0v) is 26.5. The standard InChI is InChI=1S/C32H37N3O9S/c1-6-7-21-17-45-29-25(28(39)35(29)26(21)30(40)43-16-18-8-12-22(42-5)13-9-18)33-27(38)24(34-31(41)44-32(2,3)4)19-10-11-20(15-36)23(37)14-19/h6-14,24-25,29,36-37H,15-17H2,1-5H3,(H,33,38)(H,34,41)/b7-6-/t24-,25?,29+/m1/s1. The van der Waals surface area contributed by atoms with E-state index in [0.717, 1.165) is 5.56 Å². The Morgan fingerprint density at radius 3 is 2.47 bits per heavy atom. The molecule has 0 bridgehead atoms. The normalized spacial score (nSPS) is 18.5. The van der Waals surface area contributed by atoms with E-state index in [-0.39, 0.29) is 29.2 Å². The number of rotatable bonds is 10. The summed E-state index contributed by atoms with van der Waals surface area (Å²) in [6.07, 6.45) is 2.62. The number of nitrogens with one attached hydrogen (secondary N) is 2. The Morgan fingerprint density at radius 1 is 1.16 bits per heavy atom. The summed E-state index contributed by atoms with van der Waals surface area (Å²) in [5.41, 5.74) is 1.03. The molecule has 45 heavy (non-hydrogen) atoms. The molecule has 2 aliphatic rings. The number of benzene rings is 2. The van der Waals surface area contributed by atoms with Crippen molar-refractivity contribution in [3.05, 3.63) is 82.6 Å². The molecule has 1 fully saturated rings. The molecule has 2 aromatic rings. The van der Waals surface area contributed by atoms with Crippen LogP contribution in [0.5, 0.6) is 11.5 Å². The summed E-state index contributed by atoms with van der Waals surface area (Å²) in [5, 5.41) is 24.3. The number of alkyl carbamates (subject to hydrolysis) is 1. The SMILES string of the molecule is C/C=C\C1=C(C(=O)OCc2ccc(OC)cc2)N2C(=O)C(NC(=O)[C@H](NC(=O)OC(C)(C)C)c3ccc(CO)c(O)c3)[C@@H]2SC1. The number of phenols is 1. The number of nitrogens with zero attached hydrogens (tertiary/aromatic N) is 1. The maximum atomic E-state index is 13.6. The molecule has 0 saturated carbocycles. The molecule has 0 aliphatic carbocycles. The average molecular weight is 640 g/mol. The van der Waals surface area contributed by atoms with Gasteiger partial charge in [-0.2, -0.15) is 0 Å². The molecule has 4 N–H and O–H groups in total. The first kappa shape index (κ1) is 33.4. The predicted molar refractivity (Wildman–Crippen MR) is 166 cm³/mol. The monoisotopic (exact) mass is 639 g/mol. The summed E-state index contributed by atoms with van der Waals surface area (Å²) in [4.78, 5) is 54.4. The van der Waals surface area contributed by atoms with Gasteiger partial charge in [0.2, 0.25) is 5.91 Å². The van der Waals surface area contributed by atoms with Crippen LogP contribution in [0.4, 0.5) is 4.79 Å². The predicted octanol–water partition coefficient (Wildman–Crippen LogP) is 3.43. The van der Waals surface area contributed by atoms with Gasteiger partial charge in [0.25, 0.3) is 5.91 Å². The zero-order valence-electron chi connectivity index (χ0n) is 25.7. The summed E-state index contributed by atoms with van der Waals surface area (Å²) >= 11 is 1.37. The highest BCUT2D eigenvalue weighted by atomic mass is 32.2. The van der Waals surface area contributed by atoms with E-state index >= 15 is 0 Å². The van der Waals surface area contributed by atoms with E-state index in [1.807, 2.05) is 0 Å². The Kier molecular flexibility index (Phi) is 10.5. The zero-order chi connectivity index (χ0) is 32.9. The Balaban J connectivity index is 1.52. The molecule has 1 unspecified atom stereocenters. The molecule has 1 saturated heterocycles. The number of ether oxygens (including phenoxy) is 3. The Hall–Kier alpha value is -4.49. The van der Waals surface area contributed by atoms with E-state index in [9.17, 15) is 29.4 Å². The number of hydrogen-bond acceptors (Lipinski definition) is 10. The number of aliphatic hydroxyl groups is 1. The van der Waals surface area contributed by atoms with Gasteiger partial charge < -0.3 is 35.1 Å². The minimum Gasteiger partial charge on any atom is -0.508 e. The van der Waals surface area contributed by atoms with Crippen LogP contribution in [0.2, 0.25) is 0 Å². The lowest BCUT2D eigenvalue weighted by atomic mass is 10.00. The van der Waals surface area contributed by atoms with Crippen LogP contribution in [-0.2, 0) is 37.1 Å². The van der Waals surface area contributed by atoms with Gasteiger partial charge in [0.1, 0.15) is 46.9 Å². The maximum Gasteiger partial charge on any atom is 0.408 e. The van der Waals surface area contributed by atoms with Gasteiger partial charge >= 0.3 is 12.1 Å². The van der Waals surface area contributed by atoms with E-state index in [4.69, 9.17) is 14.2 Å². The number of β-lactam (4-membered cyclic amide) rings is 1. The smallest absolute Gasteiger partial charge is 0.408 e. The molecule has 0 radical (unpaired) electrons. The molecule has 0 spiro atoms. The first-order valence-corrected chi connectivity index (χ1v) is 15.2. The van der Waals surface area contributed by atoms with E-state index in [2.05, 4.69) is 10.6 Å². The number of esters is 1. The highest BCUT2D eigenvalue weighted by Gasteiger charge is 2.54. The van der Waals surface area contributed by atoms with Gasteiger partial charge in [-0.25, -0.2) is 9.59 Å². The van der Waals surface area contributed by atoms with Crippen LogP contribution in [0, 0.1) is 0 Å². The summed E-state index contributed by atoms with van der Waals surface area (Å²) in [7, 11) is 1.55. The van der Waals surface area contributed by atoms with Gasteiger partial charge in [-0.05, 0) is 62.6 Å². The van der Waals surface area contributed by atoms with Gasteiger partial charge in [-0.3, -0.25) is 14.5 Å². The molecule has 2 aromatic carbocycles. The first-order chi connectivity index (χ1) is 21.4. The van der Waals surface area contributed by atoms with Crippen molar-refractivity contribution in [2.75, 3.05) is 12.9 Å². The van der Waals surface area contributed by atoms with Crippen LogP contribution in [0.1, 0.15) is 50.4 Å². The number of methoxy groups -OCH3 is 1. The van der Waals surface area contributed by atoms with Crippen LogP contribution in [0.15, 0.2) is 65.9 Å². The van der Waals surface area contributed by atoms with Crippen LogP contribution < -0.4 is 15.4 Å². The third-order valence-corrected chi connectivity index (χ3v) is 8.22. The lowest BCUT2D eigenvalue weighted by Crippen LogP contribution is -2.71. The van der Waals surface area contributed by atoms with Crippen molar-refractivity contribution in [2.45, 2.75) is 64.0 Å². The van der Waals surface area contributed by atoms with Gasteiger partial charge in [-0.15, -0.1) is 11.8 Å². The fraction of sp³-hybridized carbons (Fsp3) is 0.375. The van der Waals surface area contributed by atoms with Crippen molar-refractivity contribution >= 4 is 35.6 Å². The molecule has 4 rings (SSSR count). The molecule has 0 aromatic heterocycles. The molecule has 3 atom stereocenters. The lowest BCUT2D eigenvalue weighted by molar-refractivity contribution is -0.153. The van der Waals surface area contributed by atoms with Crippen molar-refractivity contribution < 1.29 is 43.6 Å². The van der Waals surface area contributed by atoms with Crippen molar-refractivity contribution in [3.8, 4) is 11.5 Å². The highest BCUT2D eigenvalue weighted by molar-refractivity contribution is 8.00. The summed E-state index contributed by atoms with van der Waals surface area (Å²) in [5.74, 6) is -1.15. The van der Waals surface area contributed by atoms with Crippen LogP contribution in [0.3, 0.4) is 0 Å². The molecule has 2 heterocycles. The van der Waals surface area contributed by atoms with Crippen LogP contribution in [0.25, 0.3) is 0 Å². The topological polar surface area (TPSA) is 164 Å². The summed E-state index contributed by atoms with van der Waals surface area (Å²) < 4.78 is 16.1. The minimum absolute atomic E-state index is 0.0185. The third kappa shape index (κ3) is 7.78. The molecular weight excluding hydrogens is 602 g/mol. The second-order valence-electron chi connectivity index (χ2n) is 11.3. The number of allylic oxidation sites excluding steroid dienone is 2. The maximum absolute atomic E-state index is 13.6. The lowest BCUT2D eigenvalue weighted by Gasteiger charge is -2.49. The minimum atomic E-state index is -1.35. The fourth-order valence-corrected chi connectivity index (χ4v) is 6.08. The molecule has 12 nitrogen and oxygen atoms in total. The Labute approximate surface area is 265 Å². The van der Waals surface area contributed by atoms with Crippen molar-refractivity contribution in [1.29, 1.82) is 0 Å². The number of carbonyl (C=O) groups is 4. The van der Waals surface area contributed by atoms with Crippen molar-refractivity contribution in [2.24, 2.45) is 0 Å². The van der Waals surface area contributed by atoms with Gasteiger partial charge in [-0.1, -0.05) is 36.4 Å². The number of amides is 3. The number of hydrogen-bond donors (Lipinski definition) is 4. The fourth-order valence-electron chi connectivity index (χ4n) is 4.76. The number of fused-ring (bicyclic) bond motifs is 1. The van der Waals surface area contributed by atoms with Gasteiger partial charge in [0.15, 0.2) is 0 Å². The van der Waals surface area contributed by atoms with E-state index in [1.165, 1.54) is 34.9 Å². The van der Waals surface area contributed by atoms with Crippen molar-refractivity contribution in [3.63, 3.8) is 0 Å². The van der Waals surface area contributed by atoms with Gasteiger partial charge in [0, 0.05) is 11.3 Å². The van der Waals surface area contributed by atoms with Crippen molar-refractivity contribution in [1.82, 2.24) is 15.5 Å². The number of thioether (sulfide) groups is 1. The van der Waals surface area contributed by atoms with Crippen LogP contribution in [-0.4, -0.2) is 68.9 Å². The van der Waals surface area contributed by atoms with Crippen LogP contribution >= 0.6 is 11.8 Å². The largest absolute Gasteiger partial charge is 0.508 e. The quantitative estimate of drug-likeness (QED) is 0.224. The number of aliphatic hydroxyl groups excluding tert-OH is 1. The van der Waals surface area contributed by atoms with E-state index in [0.29, 0.717) is 17.1 Å². The molecule has 240 valence electrons.